The molecule has 0 saturated heterocycles. The first-order valence-electron chi connectivity index (χ1n) is 7.44. The van der Waals surface area contributed by atoms with Gasteiger partial charge in [-0.2, -0.15) is 5.10 Å². The minimum absolute atomic E-state index is 0.0629. The van der Waals surface area contributed by atoms with Crippen molar-refractivity contribution in [3.8, 4) is 0 Å². The monoisotopic (exact) mass is 300 g/mol. The van der Waals surface area contributed by atoms with Gasteiger partial charge in [0.05, 0.1) is 5.69 Å². The number of aryl methyl sites for hydroxylation is 2. The van der Waals surface area contributed by atoms with Crippen LogP contribution in [0.25, 0.3) is 0 Å². The van der Waals surface area contributed by atoms with Gasteiger partial charge in [-0.25, -0.2) is 0 Å². The molecule has 1 atom stereocenters. The number of nitrogens with zero attached hydrogens (tertiary/aromatic N) is 3. The van der Waals surface area contributed by atoms with Gasteiger partial charge in [-0.05, 0) is 44.0 Å². The fraction of sp³-hybridized carbons (Fsp3) is 0.412. The van der Waals surface area contributed by atoms with Crippen LogP contribution in [0.4, 0.5) is 5.69 Å². The summed E-state index contributed by atoms with van der Waals surface area (Å²) in [4.78, 5) is 14.3. The fourth-order valence-electron chi connectivity index (χ4n) is 2.46. The highest BCUT2D eigenvalue weighted by atomic mass is 16.2. The lowest BCUT2D eigenvalue weighted by Gasteiger charge is -2.16. The van der Waals surface area contributed by atoms with E-state index in [0.29, 0.717) is 5.69 Å². The average molecular weight is 300 g/mol. The Balaban J connectivity index is 1.96. The van der Waals surface area contributed by atoms with Crippen molar-refractivity contribution in [3.05, 3.63) is 47.3 Å². The van der Waals surface area contributed by atoms with Crippen LogP contribution in [0.2, 0.25) is 0 Å². The summed E-state index contributed by atoms with van der Waals surface area (Å²) in [5.41, 5.74) is 3.82. The smallest absolute Gasteiger partial charge is 0.269 e. The van der Waals surface area contributed by atoms with Crippen molar-refractivity contribution in [2.24, 2.45) is 7.05 Å². The summed E-state index contributed by atoms with van der Waals surface area (Å²) in [5.74, 6) is -0.0829. The SMILES string of the molecule is Cc1cc(C(=O)N[C@@H](C)Cc2ccc(N(C)C)cc2)n(C)n1. The van der Waals surface area contributed by atoms with Crippen LogP contribution in [0.3, 0.4) is 0 Å². The topological polar surface area (TPSA) is 50.2 Å². The molecule has 0 unspecified atom stereocenters. The molecule has 5 nitrogen and oxygen atoms in total. The molecule has 0 aliphatic carbocycles. The van der Waals surface area contributed by atoms with E-state index in [1.165, 1.54) is 11.3 Å². The number of carbonyl (C=O) groups excluding carboxylic acids is 1. The normalized spacial score (nSPS) is 12.0. The van der Waals surface area contributed by atoms with Crippen LogP contribution in [-0.4, -0.2) is 35.8 Å². The van der Waals surface area contributed by atoms with E-state index >= 15 is 0 Å². The number of benzene rings is 1. The summed E-state index contributed by atoms with van der Waals surface area (Å²) in [6, 6.07) is 10.3. The number of hydrogen-bond donors (Lipinski definition) is 1. The standard InChI is InChI=1S/C17H24N4O/c1-12(10-14-6-8-15(9-7-14)20(3)4)18-17(22)16-11-13(2)19-21(16)5/h6-9,11-12H,10H2,1-5H3,(H,18,22)/t12-/m0/s1. The van der Waals surface area contributed by atoms with Gasteiger partial charge in [0.25, 0.3) is 5.91 Å². The Morgan fingerprint density at radius 1 is 1.32 bits per heavy atom. The van der Waals surface area contributed by atoms with Crippen LogP contribution in [-0.2, 0) is 13.5 Å². The zero-order valence-corrected chi connectivity index (χ0v) is 13.9. The third-order valence-electron chi connectivity index (χ3n) is 3.61. The molecule has 22 heavy (non-hydrogen) atoms. The molecule has 0 aliphatic heterocycles. The van der Waals surface area contributed by atoms with E-state index in [9.17, 15) is 4.79 Å². The zero-order chi connectivity index (χ0) is 16.3. The van der Waals surface area contributed by atoms with Crippen LogP contribution < -0.4 is 10.2 Å². The molecule has 1 N–H and O–H groups in total. The summed E-state index contributed by atoms with van der Waals surface area (Å²) in [6.07, 6.45) is 0.802. The number of hydrogen-bond acceptors (Lipinski definition) is 3. The Hall–Kier alpha value is -2.30. The number of anilines is 1. The van der Waals surface area contributed by atoms with Crippen molar-refractivity contribution in [1.29, 1.82) is 0 Å². The Kier molecular flexibility index (Phi) is 4.85. The summed E-state index contributed by atoms with van der Waals surface area (Å²) in [6.45, 7) is 3.90. The van der Waals surface area contributed by atoms with Crippen molar-refractivity contribution in [2.45, 2.75) is 26.3 Å². The van der Waals surface area contributed by atoms with E-state index in [0.717, 1.165) is 12.1 Å². The number of rotatable bonds is 5. The Labute approximate surface area is 131 Å². The molecule has 0 fully saturated rings. The molecule has 0 radical (unpaired) electrons. The Bertz CT molecular complexity index is 643. The second-order valence-electron chi connectivity index (χ2n) is 5.93. The summed E-state index contributed by atoms with van der Waals surface area (Å²) >= 11 is 0. The third-order valence-corrected chi connectivity index (χ3v) is 3.61. The van der Waals surface area contributed by atoms with E-state index in [2.05, 4.69) is 39.6 Å². The van der Waals surface area contributed by atoms with Crippen LogP contribution >= 0.6 is 0 Å². The van der Waals surface area contributed by atoms with Crippen molar-refractivity contribution in [1.82, 2.24) is 15.1 Å². The van der Waals surface area contributed by atoms with Crippen LogP contribution in [0, 0.1) is 6.92 Å². The second kappa shape index (κ2) is 6.64. The molecule has 0 spiro atoms. The van der Waals surface area contributed by atoms with E-state index < -0.39 is 0 Å². The number of amides is 1. The van der Waals surface area contributed by atoms with Gasteiger partial charge in [0, 0.05) is 32.9 Å². The predicted octanol–water partition coefficient (Wildman–Crippen LogP) is 2.16. The highest BCUT2D eigenvalue weighted by Gasteiger charge is 2.14. The Morgan fingerprint density at radius 2 is 1.95 bits per heavy atom. The predicted molar refractivity (Wildman–Crippen MR) is 89.3 cm³/mol. The van der Waals surface area contributed by atoms with E-state index in [1.54, 1.807) is 17.8 Å². The Morgan fingerprint density at radius 3 is 2.45 bits per heavy atom. The fourth-order valence-corrected chi connectivity index (χ4v) is 2.46. The quantitative estimate of drug-likeness (QED) is 0.920. The highest BCUT2D eigenvalue weighted by Crippen LogP contribution is 2.13. The maximum absolute atomic E-state index is 12.2. The largest absolute Gasteiger partial charge is 0.378 e. The molecular formula is C17H24N4O. The molecular weight excluding hydrogens is 276 g/mol. The van der Waals surface area contributed by atoms with Gasteiger partial charge in [0.1, 0.15) is 5.69 Å². The highest BCUT2D eigenvalue weighted by molar-refractivity contribution is 5.92. The van der Waals surface area contributed by atoms with Crippen LogP contribution in [0.5, 0.6) is 0 Å². The van der Waals surface area contributed by atoms with Crippen molar-refractivity contribution in [2.75, 3.05) is 19.0 Å². The minimum Gasteiger partial charge on any atom is -0.378 e. The molecule has 1 amide bonds. The first-order chi connectivity index (χ1) is 10.4. The lowest BCUT2D eigenvalue weighted by Crippen LogP contribution is -2.35. The lowest BCUT2D eigenvalue weighted by molar-refractivity contribution is 0.0930. The molecule has 0 bridgehead atoms. The van der Waals surface area contributed by atoms with E-state index in [-0.39, 0.29) is 11.9 Å². The molecule has 118 valence electrons. The zero-order valence-electron chi connectivity index (χ0n) is 13.9. The molecule has 2 rings (SSSR count). The number of nitrogens with one attached hydrogen (secondary N) is 1. The van der Waals surface area contributed by atoms with Gasteiger partial charge in [-0.3, -0.25) is 9.48 Å². The summed E-state index contributed by atoms with van der Waals surface area (Å²) in [5, 5.41) is 7.23. The molecule has 2 aromatic rings. The number of carbonyl (C=O) groups is 1. The summed E-state index contributed by atoms with van der Waals surface area (Å²) < 4.78 is 1.61. The average Bonchev–Trinajstić information content (AvgIpc) is 2.78. The molecule has 0 aliphatic rings. The minimum atomic E-state index is -0.0829. The maximum Gasteiger partial charge on any atom is 0.269 e. The second-order valence-corrected chi connectivity index (χ2v) is 5.93. The van der Waals surface area contributed by atoms with E-state index in [1.807, 2.05) is 27.9 Å². The van der Waals surface area contributed by atoms with E-state index in [4.69, 9.17) is 0 Å². The van der Waals surface area contributed by atoms with Gasteiger partial charge in [-0.15, -0.1) is 0 Å². The van der Waals surface area contributed by atoms with Crippen LogP contribution in [0.1, 0.15) is 28.7 Å². The van der Waals surface area contributed by atoms with Gasteiger partial charge in [0.2, 0.25) is 0 Å². The lowest BCUT2D eigenvalue weighted by atomic mass is 10.1. The summed E-state index contributed by atoms with van der Waals surface area (Å²) in [7, 11) is 5.83. The first kappa shape index (κ1) is 16.1. The van der Waals surface area contributed by atoms with Crippen molar-refractivity contribution < 1.29 is 4.79 Å². The molecule has 0 saturated carbocycles. The first-order valence-corrected chi connectivity index (χ1v) is 7.44. The molecule has 1 aromatic carbocycles. The van der Waals surface area contributed by atoms with Gasteiger partial charge in [-0.1, -0.05) is 12.1 Å². The number of aromatic nitrogens is 2. The molecule has 5 heteroatoms. The van der Waals surface area contributed by atoms with Gasteiger partial charge < -0.3 is 10.2 Å². The van der Waals surface area contributed by atoms with Crippen molar-refractivity contribution in [3.63, 3.8) is 0 Å². The molecule has 1 aromatic heterocycles. The van der Waals surface area contributed by atoms with Crippen molar-refractivity contribution >= 4 is 11.6 Å². The maximum atomic E-state index is 12.2. The molecule has 1 heterocycles. The van der Waals surface area contributed by atoms with Gasteiger partial charge >= 0.3 is 0 Å². The third kappa shape index (κ3) is 3.87. The van der Waals surface area contributed by atoms with Gasteiger partial charge in [0.15, 0.2) is 0 Å². The van der Waals surface area contributed by atoms with Crippen LogP contribution in [0.15, 0.2) is 30.3 Å².